The summed E-state index contributed by atoms with van der Waals surface area (Å²) in [5.74, 6) is 0.247. The Balaban J connectivity index is 0.000000166. The number of nitrogens with zero attached hydrogens (tertiary/aromatic N) is 5. The van der Waals surface area contributed by atoms with Gasteiger partial charge in [-0.2, -0.15) is 0 Å². The molecule has 3 aromatic rings. The standard InChI is InChI=1S/C20H26ClN3S.C13H14Cl2O.C7H15N3S/c1-23-11-4-12-24(14-13-23)19-22-18(15-25-19)20(9-2-3-10-20)16-5-7-17(21)8-6-16;14-9-12(16)13(7-1-2-8-13)10-3-5-11(15)6-4-10;1-9-3-2-4-10(6-5-9)7(8)11/h5-8,15H,2-4,9-14H2,1H3;3-6H,1-2,7-9H2;2-6H2,1H3,(H2,8,11). The SMILES string of the molecule is CN1CCCN(C(N)=S)CC1.CN1CCCN(c2nc(C3(c4ccc(Cl)cc4)CCCC3)cs2)CC1.O=C(CCl)C1(c2ccc(Cl)cc2)CCCC1. The average Bonchev–Trinajstić information content (AvgIpc) is 3.89. The molecule has 52 heavy (non-hydrogen) atoms. The topological polar surface area (TPSA) is 68.9 Å². The van der Waals surface area contributed by atoms with Gasteiger partial charge in [0.05, 0.1) is 17.0 Å². The molecule has 4 aliphatic rings. The minimum atomic E-state index is -0.341. The van der Waals surface area contributed by atoms with E-state index in [1.54, 1.807) is 0 Å². The van der Waals surface area contributed by atoms with Crippen LogP contribution in [0.5, 0.6) is 0 Å². The van der Waals surface area contributed by atoms with Crippen molar-refractivity contribution < 1.29 is 4.79 Å². The summed E-state index contributed by atoms with van der Waals surface area (Å²) in [6.07, 6.45) is 11.4. The van der Waals surface area contributed by atoms with E-state index in [1.165, 1.54) is 55.0 Å². The van der Waals surface area contributed by atoms with Crippen LogP contribution in [0.15, 0.2) is 53.9 Å². The summed E-state index contributed by atoms with van der Waals surface area (Å²) < 4.78 is 0. The second kappa shape index (κ2) is 19.6. The van der Waals surface area contributed by atoms with Gasteiger partial charge in [0.15, 0.2) is 16.0 Å². The highest BCUT2D eigenvalue weighted by Crippen LogP contribution is 2.47. The number of hydrogen-bond donors (Lipinski definition) is 1. The first-order valence-corrected chi connectivity index (χ1v) is 21.4. The van der Waals surface area contributed by atoms with Gasteiger partial charge in [-0.1, -0.05) is 73.2 Å². The number of carbonyl (C=O) groups excluding carboxylic acids is 1. The molecular formula is C40H55Cl3N6OS2. The molecule has 2 aliphatic heterocycles. The number of carbonyl (C=O) groups is 1. The molecule has 1 aromatic heterocycles. The molecule has 2 N–H and O–H groups in total. The number of aromatic nitrogens is 1. The number of thiocarbonyl (C=S) groups is 1. The molecule has 3 heterocycles. The van der Waals surface area contributed by atoms with Crippen molar-refractivity contribution in [2.24, 2.45) is 5.73 Å². The van der Waals surface area contributed by atoms with E-state index in [-0.39, 0.29) is 22.5 Å². The van der Waals surface area contributed by atoms with E-state index in [0.717, 1.165) is 88.5 Å². The van der Waals surface area contributed by atoms with E-state index < -0.39 is 0 Å². The minimum Gasteiger partial charge on any atom is -0.376 e. The Morgan fingerprint density at radius 2 is 1.29 bits per heavy atom. The maximum atomic E-state index is 12.1. The summed E-state index contributed by atoms with van der Waals surface area (Å²) in [4.78, 5) is 26.5. The Kier molecular flexibility index (Phi) is 15.5. The number of rotatable bonds is 6. The van der Waals surface area contributed by atoms with E-state index >= 15 is 0 Å². The molecule has 2 aliphatic carbocycles. The van der Waals surface area contributed by atoms with Gasteiger partial charge < -0.3 is 25.3 Å². The number of anilines is 1. The Morgan fingerprint density at radius 1 is 0.750 bits per heavy atom. The highest BCUT2D eigenvalue weighted by Gasteiger charge is 2.42. The molecule has 12 heteroatoms. The zero-order valence-corrected chi connectivity index (χ0v) is 34.7. The number of halogens is 3. The van der Waals surface area contributed by atoms with Gasteiger partial charge in [0.2, 0.25) is 0 Å². The lowest BCUT2D eigenvalue weighted by Crippen LogP contribution is -2.37. The van der Waals surface area contributed by atoms with Gasteiger partial charge in [-0.3, -0.25) is 4.79 Å². The maximum absolute atomic E-state index is 12.1. The lowest BCUT2D eigenvalue weighted by atomic mass is 9.76. The van der Waals surface area contributed by atoms with Crippen molar-refractivity contribution in [1.82, 2.24) is 19.7 Å². The molecule has 2 aromatic carbocycles. The first kappa shape index (κ1) is 41.2. The predicted molar refractivity (Wildman–Crippen MR) is 225 cm³/mol. The monoisotopic (exact) mass is 804 g/mol. The van der Waals surface area contributed by atoms with Crippen molar-refractivity contribution in [2.45, 2.75) is 75.0 Å². The van der Waals surface area contributed by atoms with Crippen molar-refractivity contribution in [3.8, 4) is 0 Å². The van der Waals surface area contributed by atoms with E-state index in [0.29, 0.717) is 10.1 Å². The van der Waals surface area contributed by atoms with Crippen LogP contribution in [0, 0.1) is 0 Å². The molecular weight excluding hydrogens is 751 g/mol. The van der Waals surface area contributed by atoms with E-state index in [9.17, 15) is 4.79 Å². The van der Waals surface area contributed by atoms with Crippen LogP contribution >= 0.6 is 58.4 Å². The molecule has 2 saturated heterocycles. The van der Waals surface area contributed by atoms with Crippen molar-refractivity contribution in [1.29, 1.82) is 0 Å². The second-order valence-electron chi connectivity index (χ2n) is 14.8. The summed E-state index contributed by atoms with van der Waals surface area (Å²) >= 11 is 24.4. The average molecular weight is 806 g/mol. The highest BCUT2D eigenvalue weighted by atomic mass is 35.5. The summed E-state index contributed by atoms with van der Waals surface area (Å²) in [5, 5.41) is 5.56. The molecule has 0 radical (unpaired) electrons. The Bertz CT molecular complexity index is 1570. The van der Waals surface area contributed by atoms with Gasteiger partial charge in [0.25, 0.3) is 0 Å². The van der Waals surface area contributed by atoms with Crippen LogP contribution in [-0.4, -0.2) is 103 Å². The lowest BCUT2D eigenvalue weighted by molar-refractivity contribution is -0.122. The third-order valence-corrected chi connectivity index (χ3v) is 13.3. The molecule has 0 bridgehead atoms. The number of alkyl halides is 1. The molecule has 7 rings (SSSR count). The maximum Gasteiger partial charge on any atom is 0.185 e. The van der Waals surface area contributed by atoms with Crippen LogP contribution in [-0.2, 0) is 15.6 Å². The summed E-state index contributed by atoms with van der Waals surface area (Å²) in [6.45, 7) is 8.71. The zero-order chi connectivity index (χ0) is 37.1. The normalized spacial score (nSPS) is 20.6. The Morgan fingerprint density at radius 3 is 1.87 bits per heavy atom. The third-order valence-electron chi connectivity index (χ3n) is 11.4. The molecule has 0 amide bonds. The molecule has 7 nitrogen and oxygen atoms in total. The van der Waals surface area contributed by atoms with Gasteiger partial charge in [-0.15, -0.1) is 22.9 Å². The largest absolute Gasteiger partial charge is 0.376 e. The smallest absolute Gasteiger partial charge is 0.185 e. The molecule has 284 valence electrons. The molecule has 4 fully saturated rings. The van der Waals surface area contributed by atoms with Crippen LogP contribution < -0.4 is 10.6 Å². The number of ketones is 1. The van der Waals surface area contributed by atoms with Gasteiger partial charge in [0, 0.05) is 60.1 Å². The Hall–Kier alpha value is -1.98. The van der Waals surface area contributed by atoms with E-state index in [2.05, 4.69) is 51.2 Å². The summed E-state index contributed by atoms with van der Waals surface area (Å²) in [5.41, 5.74) is 8.98. The van der Waals surface area contributed by atoms with Crippen molar-refractivity contribution in [3.63, 3.8) is 0 Å². The number of hydrogen-bond acceptors (Lipinski definition) is 7. The minimum absolute atomic E-state index is 0.0853. The Labute approximate surface area is 335 Å². The van der Waals surface area contributed by atoms with Gasteiger partial charge in [0.1, 0.15) is 0 Å². The summed E-state index contributed by atoms with van der Waals surface area (Å²) in [6, 6.07) is 16.1. The van der Waals surface area contributed by atoms with Crippen LogP contribution in [0.2, 0.25) is 10.0 Å². The highest BCUT2D eigenvalue weighted by molar-refractivity contribution is 7.80. The van der Waals surface area contributed by atoms with Gasteiger partial charge >= 0.3 is 0 Å². The third kappa shape index (κ3) is 10.4. The van der Waals surface area contributed by atoms with Gasteiger partial charge in [-0.25, -0.2) is 4.98 Å². The predicted octanol–water partition coefficient (Wildman–Crippen LogP) is 8.63. The molecule has 2 saturated carbocycles. The molecule has 0 spiro atoms. The van der Waals surface area contributed by atoms with E-state index in [1.807, 2.05) is 47.7 Å². The fourth-order valence-corrected chi connectivity index (χ4v) is 9.85. The fraction of sp³-hybridized carbons (Fsp3) is 0.575. The fourth-order valence-electron chi connectivity index (χ4n) is 8.18. The quantitative estimate of drug-likeness (QED) is 0.196. The summed E-state index contributed by atoms with van der Waals surface area (Å²) in [7, 11) is 4.34. The lowest BCUT2D eigenvalue weighted by Gasteiger charge is -2.28. The number of nitrogens with two attached hydrogens (primary N) is 1. The van der Waals surface area contributed by atoms with Crippen molar-refractivity contribution in [3.05, 3.63) is 80.8 Å². The number of likely N-dealkylation sites (N-methyl/N-ethyl adjacent to an activating group) is 2. The first-order valence-electron chi connectivity index (χ1n) is 18.8. The zero-order valence-electron chi connectivity index (χ0n) is 30.8. The second-order valence-corrected chi connectivity index (χ2v) is 17.2. The van der Waals surface area contributed by atoms with Crippen molar-refractivity contribution in [2.75, 3.05) is 77.2 Å². The van der Waals surface area contributed by atoms with Crippen LogP contribution in [0.1, 0.15) is 81.0 Å². The van der Waals surface area contributed by atoms with Crippen LogP contribution in [0.25, 0.3) is 0 Å². The van der Waals surface area contributed by atoms with Crippen molar-refractivity contribution >= 4 is 74.4 Å². The van der Waals surface area contributed by atoms with Crippen LogP contribution in [0.4, 0.5) is 5.13 Å². The molecule has 0 atom stereocenters. The number of thiazole rings is 1. The first-order chi connectivity index (χ1) is 25.1. The van der Waals surface area contributed by atoms with E-state index in [4.69, 9.17) is 57.7 Å². The van der Waals surface area contributed by atoms with Gasteiger partial charge in [-0.05, 0) is 113 Å². The molecule has 0 unspecified atom stereocenters. The van der Waals surface area contributed by atoms with Crippen LogP contribution in [0.3, 0.4) is 0 Å². The number of Topliss-reactive ketones (excluding diaryl/α,β-unsaturated/α-hetero) is 1. The number of benzene rings is 2.